The van der Waals surface area contributed by atoms with E-state index >= 15 is 0 Å². The third kappa shape index (κ3) is 5.31. The lowest BCUT2D eigenvalue weighted by Gasteiger charge is -2.22. The highest BCUT2D eigenvalue weighted by molar-refractivity contribution is 5.78. The van der Waals surface area contributed by atoms with Gasteiger partial charge in [0.15, 0.2) is 0 Å². The van der Waals surface area contributed by atoms with Gasteiger partial charge in [0.25, 0.3) is 0 Å². The fourth-order valence-corrected chi connectivity index (χ4v) is 1.99. The number of Topliss-reactive ketones (excluding diaryl/α,β-unsaturated/α-hetero) is 1. The first-order valence-corrected chi connectivity index (χ1v) is 6.35. The van der Waals surface area contributed by atoms with Crippen LogP contribution in [0, 0.1) is 5.92 Å². The molecule has 88 valence electrons. The molecule has 1 aliphatic rings. The first-order chi connectivity index (χ1) is 7.22. The molecule has 0 aliphatic carbocycles. The number of ether oxygens (including phenoxy) is 1. The zero-order chi connectivity index (χ0) is 11.1. The minimum atomic E-state index is 0.361. The van der Waals surface area contributed by atoms with Crippen LogP contribution >= 0.6 is 0 Å². The second-order valence-corrected chi connectivity index (χ2v) is 4.78. The lowest BCUT2D eigenvalue weighted by atomic mass is 9.97. The Kier molecular flexibility index (Phi) is 5.92. The van der Waals surface area contributed by atoms with Crippen molar-refractivity contribution in [3.8, 4) is 0 Å². The minimum absolute atomic E-state index is 0.361. The summed E-state index contributed by atoms with van der Waals surface area (Å²) in [5.41, 5.74) is 0. The van der Waals surface area contributed by atoms with Gasteiger partial charge in [-0.1, -0.05) is 20.3 Å². The van der Waals surface area contributed by atoms with Gasteiger partial charge < -0.3 is 4.74 Å². The topological polar surface area (TPSA) is 26.3 Å². The van der Waals surface area contributed by atoms with E-state index in [9.17, 15) is 4.79 Å². The monoisotopic (exact) mass is 212 g/mol. The Morgan fingerprint density at radius 1 is 1.47 bits per heavy atom. The van der Waals surface area contributed by atoms with E-state index in [0.29, 0.717) is 17.8 Å². The predicted molar refractivity (Wildman–Crippen MR) is 61.9 cm³/mol. The van der Waals surface area contributed by atoms with Crippen LogP contribution in [0.25, 0.3) is 0 Å². The van der Waals surface area contributed by atoms with Gasteiger partial charge in [-0.2, -0.15) is 0 Å². The van der Waals surface area contributed by atoms with Gasteiger partial charge in [0.05, 0.1) is 6.10 Å². The molecule has 15 heavy (non-hydrogen) atoms. The van der Waals surface area contributed by atoms with Gasteiger partial charge in [-0.25, -0.2) is 0 Å². The summed E-state index contributed by atoms with van der Waals surface area (Å²) in [6.45, 7) is 5.18. The molecule has 0 bridgehead atoms. The van der Waals surface area contributed by atoms with E-state index in [2.05, 4.69) is 13.8 Å². The molecule has 2 heteroatoms. The van der Waals surface area contributed by atoms with Gasteiger partial charge in [0.2, 0.25) is 0 Å². The average molecular weight is 212 g/mol. The van der Waals surface area contributed by atoms with Crippen LogP contribution in [0.3, 0.4) is 0 Å². The molecule has 2 atom stereocenters. The van der Waals surface area contributed by atoms with Crippen LogP contribution in [-0.4, -0.2) is 18.5 Å². The van der Waals surface area contributed by atoms with Gasteiger partial charge in [-0.3, -0.25) is 4.79 Å². The number of carbonyl (C=O) groups excluding carboxylic acids is 1. The van der Waals surface area contributed by atoms with Crippen LogP contribution in [0.15, 0.2) is 0 Å². The van der Waals surface area contributed by atoms with Crippen LogP contribution in [0.5, 0.6) is 0 Å². The van der Waals surface area contributed by atoms with Crippen LogP contribution in [0.2, 0.25) is 0 Å². The van der Waals surface area contributed by atoms with Crippen LogP contribution in [-0.2, 0) is 9.53 Å². The summed E-state index contributed by atoms with van der Waals surface area (Å²) >= 11 is 0. The second kappa shape index (κ2) is 7.00. The fraction of sp³-hybridized carbons (Fsp3) is 0.923. The van der Waals surface area contributed by atoms with Crippen molar-refractivity contribution in [1.29, 1.82) is 0 Å². The molecule has 1 rings (SSSR count). The lowest BCUT2D eigenvalue weighted by Crippen LogP contribution is -2.20. The quantitative estimate of drug-likeness (QED) is 0.675. The molecule has 1 heterocycles. The molecule has 0 amide bonds. The number of rotatable bonds is 6. The van der Waals surface area contributed by atoms with E-state index in [1.54, 1.807) is 0 Å². The highest BCUT2D eigenvalue weighted by atomic mass is 16.5. The van der Waals surface area contributed by atoms with Crippen molar-refractivity contribution in [3.05, 3.63) is 0 Å². The summed E-state index contributed by atoms with van der Waals surface area (Å²) in [7, 11) is 0. The standard InChI is InChI=1S/C13H24O2/c1-3-11(2)10-12(14)7-8-13-6-4-5-9-15-13/h11,13H,3-10H2,1-2H3. The second-order valence-electron chi connectivity index (χ2n) is 4.78. The molecule has 0 saturated carbocycles. The van der Waals surface area contributed by atoms with Crippen molar-refractivity contribution in [2.24, 2.45) is 5.92 Å². The summed E-state index contributed by atoms with van der Waals surface area (Å²) in [5.74, 6) is 0.961. The largest absolute Gasteiger partial charge is 0.378 e. The molecule has 0 spiro atoms. The summed E-state index contributed by atoms with van der Waals surface area (Å²) in [6.07, 6.45) is 7.48. The SMILES string of the molecule is CCC(C)CC(=O)CCC1CCCCO1. The number of hydrogen-bond donors (Lipinski definition) is 0. The molecule has 0 N–H and O–H groups in total. The van der Waals surface area contributed by atoms with E-state index < -0.39 is 0 Å². The van der Waals surface area contributed by atoms with Crippen molar-refractivity contribution in [3.63, 3.8) is 0 Å². The van der Waals surface area contributed by atoms with Crippen molar-refractivity contribution in [2.75, 3.05) is 6.61 Å². The minimum Gasteiger partial charge on any atom is -0.378 e. The molecule has 1 fully saturated rings. The van der Waals surface area contributed by atoms with Crippen molar-refractivity contribution in [1.82, 2.24) is 0 Å². The van der Waals surface area contributed by atoms with Crippen LogP contribution < -0.4 is 0 Å². The Morgan fingerprint density at radius 2 is 2.27 bits per heavy atom. The molecule has 1 saturated heterocycles. The van der Waals surface area contributed by atoms with E-state index in [-0.39, 0.29) is 0 Å². The molecule has 2 unspecified atom stereocenters. The number of hydrogen-bond acceptors (Lipinski definition) is 2. The Labute approximate surface area is 93.4 Å². The molecular weight excluding hydrogens is 188 g/mol. The van der Waals surface area contributed by atoms with E-state index in [0.717, 1.165) is 38.7 Å². The van der Waals surface area contributed by atoms with Crippen molar-refractivity contribution in [2.45, 2.75) is 64.9 Å². The maximum absolute atomic E-state index is 11.6. The summed E-state index contributed by atoms with van der Waals surface area (Å²) in [5, 5.41) is 0. The predicted octanol–water partition coefficient (Wildman–Crippen LogP) is 3.34. The van der Waals surface area contributed by atoms with Crippen LogP contribution in [0.1, 0.15) is 58.8 Å². The Hall–Kier alpha value is -0.370. The number of carbonyl (C=O) groups is 1. The third-order valence-electron chi connectivity index (χ3n) is 3.29. The maximum atomic E-state index is 11.6. The molecule has 0 radical (unpaired) electrons. The van der Waals surface area contributed by atoms with Gasteiger partial charge in [0.1, 0.15) is 5.78 Å². The van der Waals surface area contributed by atoms with Gasteiger partial charge in [-0.05, 0) is 31.6 Å². The highest BCUT2D eigenvalue weighted by Gasteiger charge is 2.15. The first-order valence-electron chi connectivity index (χ1n) is 6.35. The first kappa shape index (κ1) is 12.7. The summed E-state index contributed by atoms with van der Waals surface area (Å²) in [4.78, 5) is 11.6. The smallest absolute Gasteiger partial charge is 0.133 e. The zero-order valence-corrected chi connectivity index (χ0v) is 10.1. The molecule has 0 aromatic carbocycles. The summed E-state index contributed by atoms with van der Waals surface area (Å²) < 4.78 is 5.61. The van der Waals surface area contributed by atoms with E-state index in [1.165, 1.54) is 12.8 Å². The maximum Gasteiger partial charge on any atom is 0.133 e. The van der Waals surface area contributed by atoms with E-state index in [1.807, 2.05) is 0 Å². The lowest BCUT2D eigenvalue weighted by molar-refractivity contribution is -0.120. The Bertz CT molecular complexity index is 183. The van der Waals surface area contributed by atoms with Gasteiger partial charge in [0, 0.05) is 19.4 Å². The average Bonchev–Trinajstić information content (AvgIpc) is 2.27. The van der Waals surface area contributed by atoms with E-state index in [4.69, 9.17) is 4.74 Å². The molecule has 0 aromatic heterocycles. The van der Waals surface area contributed by atoms with Gasteiger partial charge >= 0.3 is 0 Å². The third-order valence-corrected chi connectivity index (χ3v) is 3.29. The Morgan fingerprint density at radius 3 is 2.87 bits per heavy atom. The molecular formula is C13H24O2. The van der Waals surface area contributed by atoms with Crippen molar-refractivity contribution >= 4 is 5.78 Å². The molecule has 0 aromatic rings. The molecule has 2 nitrogen and oxygen atoms in total. The fourth-order valence-electron chi connectivity index (χ4n) is 1.99. The molecule has 1 aliphatic heterocycles. The van der Waals surface area contributed by atoms with Crippen LogP contribution in [0.4, 0.5) is 0 Å². The highest BCUT2D eigenvalue weighted by Crippen LogP contribution is 2.18. The number of ketones is 1. The zero-order valence-electron chi connectivity index (χ0n) is 10.1. The summed E-state index contributed by atoms with van der Waals surface area (Å²) in [6, 6.07) is 0. The Balaban J connectivity index is 2.10. The van der Waals surface area contributed by atoms with Gasteiger partial charge in [-0.15, -0.1) is 0 Å². The normalized spacial score (nSPS) is 23.7. The van der Waals surface area contributed by atoms with Crippen molar-refractivity contribution < 1.29 is 9.53 Å².